The van der Waals surface area contributed by atoms with Gasteiger partial charge in [-0.15, -0.1) is 0 Å². The summed E-state index contributed by atoms with van der Waals surface area (Å²) < 4.78 is 1.77. The molecule has 0 radical (unpaired) electrons. The molecule has 0 bridgehead atoms. The Morgan fingerprint density at radius 3 is 2.45 bits per heavy atom. The molecule has 1 atom stereocenters. The molecule has 0 saturated carbocycles. The fourth-order valence-electron chi connectivity index (χ4n) is 2.65. The lowest BCUT2D eigenvalue weighted by molar-refractivity contribution is 0.0251. The van der Waals surface area contributed by atoms with E-state index in [9.17, 15) is 5.11 Å². The Kier molecular flexibility index (Phi) is 4.51. The molecule has 0 spiro atoms. The normalized spacial score (nSPS) is 14.2. The van der Waals surface area contributed by atoms with Gasteiger partial charge in [-0.25, -0.2) is 0 Å². The van der Waals surface area contributed by atoms with Crippen molar-refractivity contribution < 1.29 is 5.11 Å². The van der Waals surface area contributed by atoms with E-state index in [1.807, 2.05) is 44.3 Å². The number of aliphatic hydroxyl groups is 1. The standard InChI is InChI=1S/C16H21ClN2O/c1-4-10-16(20,13-8-6-5-7-9-13)11-14-15(17)12(2)18-19(14)3/h5-9,20H,4,10-11H2,1-3H3. The maximum atomic E-state index is 11.1. The average Bonchev–Trinajstić information content (AvgIpc) is 2.67. The van der Waals surface area contributed by atoms with E-state index in [0.29, 0.717) is 17.9 Å². The van der Waals surface area contributed by atoms with Crippen molar-refractivity contribution in [2.45, 2.75) is 38.7 Å². The SMILES string of the molecule is CCCC(O)(Cc1c(Cl)c(C)nn1C)c1ccccc1. The van der Waals surface area contributed by atoms with Gasteiger partial charge in [0.15, 0.2) is 0 Å². The number of aryl methyl sites for hydroxylation is 2. The van der Waals surface area contributed by atoms with Crippen molar-refractivity contribution in [3.05, 3.63) is 52.3 Å². The third kappa shape index (κ3) is 2.89. The monoisotopic (exact) mass is 292 g/mol. The molecular weight excluding hydrogens is 272 g/mol. The van der Waals surface area contributed by atoms with Crippen molar-refractivity contribution in [2.75, 3.05) is 0 Å². The van der Waals surface area contributed by atoms with Crippen molar-refractivity contribution in [3.8, 4) is 0 Å². The summed E-state index contributed by atoms with van der Waals surface area (Å²) in [7, 11) is 1.87. The fraction of sp³-hybridized carbons (Fsp3) is 0.438. The maximum Gasteiger partial charge on any atom is 0.0952 e. The van der Waals surface area contributed by atoms with E-state index < -0.39 is 5.60 Å². The second-order valence-electron chi connectivity index (χ2n) is 5.29. The molecule has 20 heavy (non-hydrogen) atoms. The number of hydrogen-bond acceptors (Lipinski definition) is 2. The van der Waals surface area contributed by atoms with Gasteiger partial charge in [0.2, 0.25) is 0 Å². The summed E-state index contributed by atoms with van der Waals surface area (Å²) in [6, 6.07) is 9.79. The van der Waals surface area contributed by atoms with Crippen molar-refractivity contribution in [3.63, 3.8) is 0 Å². The summed E-state index contributed by atoms with van der Waals surface area (Å²) in [5, 5.41) is 16.1. The molecule has 2 rings (SSSR count). The molecule has 1 aromatic carbocycles. The summed E-state index contributed by atoms with van der Waals surface area (Å²) >= 11 is 6.31. The summed E-state index contributed by atoms with van der Waals surface area (Å²) in [5.74, 6) is 0. The molecule has 2 aromatic rings. The van der Waals surface area contributed by atoms with Crippen LogP contribution < -0.4 is 0 Å². The molecule has 3 nitrogen and oxygen atoms in total. The minimum atomic E-state index is -0.903. The lowest BCUT2D eigenvalue weighted by atomic mass is 9.85. The maximum absolute atomic E-state index is 11.1. The van der Waals surface area contributed by atoms with Gasteiger partial charge in [0.1, 0.15) is 0 Å². The average molecular weight is 293 g/mol. The number of hydrogen-bond donors (Lipinski definition) is 1. The Morgan fingerprint density at radius 2 is 1.95 bits per heavy atom. The summed E-state index contributed by atoms with van der Waals surface area (Å²) in [6.07, 6.45) is 2.07. The van der Waals surface area contributed by atoms with Gasteiger partial charge in [0.25, 0.3) is 0 Å². The van der Waals surface area contributed by atoms with Crippen LogP contribution in [-0.2, 0) is 19.1 Å². The zero-order chi connectivity index (χ0) is 14.8. The number of aromatic nitrogens is 2. The molecule has 0 saturated heterocycles. The summed E-state index contributed by atoms with van der Waals surface area (Å²) in [4.78, 5) is 0. The highest BCUT2D eigenvalue weighted by atomic mass is 35.5. The van der Waals surface area contributed by atoms with E-state index in [-0.39, 0.29) is 0 Å². The highest BCUT2D eigenvalue weighted by Crippen LogP contribution is 2.33. The van der Waals surface area contributed by atoms with Crippen LogP contribution in [0.5, 0.6) is 0 Å². The van der Waals surface area contributed by atoms with E-state index in [1.54, 1.807) is 4.68 Å². The van der Waals surface area contributed by atoms with Gasteiger partial charge in [-0.2, -0.15) is 5.10 Å². The Labute approximate surface area is 125 Å². The zero-order valence-electron chi connectivity index (χ0n) is 12.2. The van der Waals surface area contributed by atoms with Crippen LogP contribution in [0.15, 0.2) is 30.3 Å². The van der Waals surface area contributed by atoms with E-state index in [0.717, 1.165) is 23.4 Å². The molecule has 0 fully saturated rings. The third-order valence-electron chi connectivity index (χ3n) is 3.70. The number of nitrogens with zero attached hydrogens (tertiary/aromatic N) is 2. The Balaban J connectivity index is 2.39. The topological polar surface area (TPSA) is 38.1 Å². The Hall–Kier alpha value is -1.32. The third-order valence-corrected chi connectivity index (χ3v) is 4.19. The molecule has 108 valence electrons. The van der Waals surface area contributed by atoms with Crippen LogP contribution in [0.4, 0.5) is 0 Å². The minimum absolute atomic E-state index is 0.473. The Morgan fingerprint density at radius 1 is 1.30 bits per heavy atom. The smallest absolute Gasteiger partial charge is 0.0952 e. The largest absolute Gasteiger partial charge is 0.385 e. The van der Waals surface area contributed by atoms with E-state index in [1.165, 1.54) is 0 Å². The highest BCUT2D eigenvalue weighted by Gasteiger charge is 2.31. The van der Waals surface area contributed by atoms with Crippen molar-refractivity contribution in [1.82, 2.24) is 9.78 Å². The lowest BCUT2D eigenvalue weighted by Crippen LogP contribution is -2.29. The number of rotatable bonds is 5. The van der Waals surface area contributed by atoms with Crippen LogP contribution in [0.3, 0.4) is 0 Å². The molecule has 1 unspecified atom stereocenters. The highest BCUT2D eigenvalue weighted by molar-refractivity contribution is 6.31. The van der Waals surface area contributed by atoms with E-state index in [4.69, 9.17) is 11.6 Å². The molecule has 4 heteroatoms. The van der Waals surface area contributed by atoms with Gasteiger partial charge in [0.05, 0.1) is 22.0 Å². The predicted octanol–water partition coefficient (Wildman–Crippen LogP) is 3.61. The van der Waals surface area contributed by atoms with Crippen LogP contribution in [0, 0.1) is 6.92 Å². The zero-order valence-corrected chi connectivity index (χ0v) is 13.0. The van der Waals surface area contributed by atoms with Crippen molar-refractivity contribution in [1.29, 1.82) is 0 Å². The predicted molar refractivity (Wildman–Crippen MR) is 81.9 cm³/mol. The van der Waals surface area contributed by atoms with Gasteiger partial charge in [-0.05, 0) is 18.9 Å². The lowest BCUT2D eigenvalue weighted by Gasteiger charge is -2.28. The van der Waals surface area contributed by atoms with Gasteiger partial charge in [0, 0.05) is 13.5 Å². The van der Waals surface area contributed by atoms with Crippen molar-refractivity contribution in [2.24, 2.45) is 7.05 Å². The van der Waals surface area contributed by atoms with Gasteiger partial charge >= 0.3 is 0 Å². The van der Waals surface area contributed by atoms with Crippen LogP contribution in [0.1, 0.15) is 36.7 Å². The molecule has 0 aliphatic rings. The van der Waals surface area contributed by atoms with Gasteiger partial charge in [-0.3, -0.25) is 4.68 Å². The number of halogens is 1. The molecule has 1 aromatic heterocycles. The molecule has 0 amide bonds. The summed E-state index contributed by atoms with van der Waals surface area (Å²) in [5.41, 5.74) is 1.71. The van der Waals surface area contributed by atoms with Crippen LogP contribution >= 0.6 is 11.6 Å². The second kappa shape index (κ2) is 5.98. The van der Waals surface area contributed by atoms with Gasteiger partial charge in [-0.1, -0.05) is 55.3 Å². The van der Waals surface area contributed by atoms with Crippen LogP contribution in [-0.4, -0.2) is 14.9 Å². The molecule has 0 aliphatic heterocycles. The first-order chi connectivity index (χ1) is 9.48. The van der Waals surface area contributed by atoms with E-state index in [2.05, 4.69) is 12.0 Å². The van der Waals surface area contributed by atoms with Crippen LogP contribution in [0.25, 0.3) is 0 Å². The first-order valence-corrected chi connectivity index (χ1v) is 7.31. The van der Waals surface area contributed by atoms with E-state index >= 15 is 0 Å². The first kappa shape index (κ1) is 15.1. The molecule has 1 heterocycles. The Bertz CT molecular complexity index is 580. The minimum Gasteiger partial charge on any atom is -0.385 e. The van der Waals surface area contributed by atoms with Crippen molar-refractivity contribution >= 4 is 11.6 Å². The second-order valence-corrected chi connectivity index (χ2v) is 5.67. The fourth-order valence-corrected chi connectivity index (χ4v) is 2.87. The van der Waals surface area contributed by atoms with Crippen LogP contribution in [0.2, 0.25) is 5.02 Å². The number of benzene rings is 1. The molecule has 1 N–H and O–H groups in total. The quantitative estimate of drug-likeness (QED) is 0.914. The molecular formula is C16H21ClN2O. The summed E-state index contributed by atoms with van der Waals surface area (Å²) in [6.45, 7) is 3.96. The molecule has 0 aliphatic carbocycles. The first-order valence-electron chi connectivity index (χ1n) is 6.94. The van der Waals surface area contributed by atoms with Gasteiger partial charge < -0.3 is 5.11 Å².